The normalized spacial score (nSPS) is 17.8. The van der Waals surface area contributed by atoms with Crippen LogP contribution in [0, 0.1) is 10.1 Å². The number of halogens is 1. The Labute approximate surface area is 124 Å². The molecule has 8 heteroatoms. The van der Waals surface area contributed by atoms with Crippen molar-refractivity contribution in [3.05, 3.63) is 27.0 Å². The van der Waals surface area contributed by atoms with Gasteiger partial charge in [0.2, 0.25) is 0 Å². The molecule has 1 saturated heterocycles. The van der Waals surface area contributed by atoms with E-state index >= 15 is 0 Å². The monoisotopic (exact) mass is 345 g/mol. The molecule has 0 atom stereocenters. The highest BCUT2D eigenvalue weighted by molar-refractivity contribution is 9.10. The van der Waals surface area contributed by atoms with Crippen LogP contribution in [0.2, 0.25) is 0 Å². The predicted octanol–water partition coefficient (Wildman–Crippen LogP) is 1.73. The highest BCUT2D eigenvalue weighted by Gasteiger charge is 2.33. The molecule has 0 amide bonds. The molecule has 0 aliphatic carbocycles. The maximum atomic E-state index is 11.1. The van der Waals surface area contributed by atoms with E-state index in [4.69, 9.17) is 4.74 Å². The van der Waals surface area contributed by atoms with Gasteiger partial charge in [0.25, 0.3) is 0 Å². The van der Waals surface area contributed by atoms with Gasteiger partial charge in [0.1, 0.15) is 11.9 Å². The minimum absolute atomic E-state index is 0.0856. The first-order valence-corrected chi connectivity index (χ1v) is 7.01. The zero-order valence-corrected chi connectivity index (χ0v) is 12.7. The molecule has 0 unspecified atom stereocenters. The molecular weight excluding hydrogens is 330 g/mol. The molecule has 0 bridgehead atoms. The molecule has 1 aromatic heterocycles. The smallest absolute Gasteiger partial charge is 0.311 e. The number of anilines is 1. The van der Waals surface area contributed by atoms with Gasteiger partial charge in [0, 0.05) is 45.8 Å². The van der Waals surface area contributed by atoms with Gasteiger partial charge < -0.3 is 14.7 Å². The Kier molecular flexibility index (Phi) is 4.56. The maximum absolute atomic E-state index is 11.1. The van der Waals surface area contributed by atoms with Crippen LogP contribution in [0.1, 0.15) is 12.8 Å². The first-order valence-electron chi connectivity index (χ1n) is 6.22. The standard InChI is InChI=1S/C12H16BrN3O4/c1-15(8-12(17)2-4-20-5-3-12)11-9(13)6-14-7-10(11)16(18)19/h6-7,17H,2-5,8H2,1H3. The van der Waals surface area contributed by atoms with Crippen LogP contribution in [0.4, 0.5) is 11.4 Å². The summed E-state index contributed by atoms with van der Waals surface area (Å²) < 4.78 is 5.76. The van der Waals surface area contributed by atoms with Gasteiger partial charge >= 0.3 is 5.69 Å². The Bertz CT molecular complexity index is 505. The minimum atomic E-state index is -0.885. The Morgan fingerprint density at radius 1 is 1.55 bits per heavy atom. The van der Waals surface area contributed by atoms with Crippen LogP contribution in [-0.4, -0.2) is 47.4 Å². The summed E-state index contributed by atoms with van der Waals surface area (Å²) in [6.45, 7) is 1.31. The van der Waals surface area contributed by atoms with E-state index in [-0.39, 0.29) is 5.69 Å². The molecule has 20 heavy (non-hydrogen) atoms. The van der Waals surface area contributed by atoms with E-state index in [1.54, 1.807) is 11.9 Å². The van der Waals surface area contributed by atoms with Crippen LogP contribution in [0.15, 0.2) is 16.9 Å². The molecule has 1 aliphatic heterocycles. The number of likely N-dealkylation sites (N-methyl/N-ethyl adjacent to an activating group) is 1. The van der Waals surface area contributed by atoms with Gasteiger partial charge in [-0.2, -0.15) is 0 Å². The zero-order chi connectivity index (χ0) is 14.8. The van der Waals surface area contributed by atoms with Crippen molar-refractivity contribution >= 4 is 27.3 Å². The Hall–Kier alpha value is -1.25. The first-order chi connectivity index (χ1) is 9.43. The second-order valence-electron chi connectivity index (χ2n) is 4.94. The molecular formula is C12H16BrN3O4. The minimum Gasteiger partial charge on any atom is -0.388 e. The average molecular weight is 346 g/mol. The predicted molar refractivity (Wildman–Crippen MR) is 76.9 cm³/mol. The molecule has 7 nitrogen and oxygen atoms in total. The number of rotatable bonds is 4. The molecule has 1 aromatic rings. The highest BCUT2D eigenvalue weighted by Crippen LogP contribution is 2.35. The molecule has 0 aromatic carbocycles. The lowest BCUT2D eigenvalue weighted by atomic mass is 9.94. The first kappa shape index (κ1) is 15.1. The number of hydrogen-bond donors (Lipinski definition) is 1. The van der Waals surface area contributed by atoms with E-state index in [1.807, 2.05) is 0 Å². The van der Waals surface area contributed by atoms with Crippen LogP contribution < -0.4 is 4.90 Å². The maximum Gasteiger partial charge on any atom is 0.311 e. The van der Waals surface area contributed by atoms with Gasteiger partial charge in [0.15, 0.2) is 0 Å². The van der Waals surface area contributed by atoms with E-state index in [0.717, 1.165) is 0 Å². The van der Waals surface area contributed by atoms with Crippen molar-refractivity contribution in [3.8, 4) is 0 Å². The van der Waals surface area contributed by atoms with Crippen LogP contribution in [0.25, 0.3) is 0 Å². The average Bonchev–Trinajstić information content (AvgIpc) is 2.38. The van der Waals surface area contributed by atoms with Crippen molar-refractivity contribution < 1.29 is 14.8 Å². The van der Waals surface area contributed by atoms with E-state index in [0.29, 0.717) is 42.8 Å². The Balaban J connectivity index is 2.24. The fourth-order valence-corrected chi connectivity index (χ4v) is 2.98. The lowest BCUT2D eigenvalue weighted by Crippen LogP contribution is -2.46. The number of nitrogens with zero attached hydrogens (tertiary/aromatic N) is 3. The lowest BCUT2D eigenvalue weighted by molar-refractivity contribution is -0.384. The lowest BCUT2D eigenvalue weighted by Gasteiger charge is -2.36. The summed E-state index contributed by atoms with van der Waals surface area (Å²) in [5.41, 5.74) is -0.550. The fraction of sp³-hybridized carbons (Fsp3) is 0.583. The topological polar surface area (TPSA) is 88.7 Å². The van der Waals surface area contributed by atoms with E-state index < -0.39 is 10.5 Å². The highest BCUT2D eigenvalue weighted by atomic mass is 79.9. The molecule has 1 fully saturated rings. The second kappa shape index (κ2) is 6.02. The number of pyridine rings is 1. The van der Waals surface area contributed by atoms with Gasteiger partial charge in [-0.25, -0.2) is 0 Å². The van der Waals surface area contributed by atoms with E-state index in [2.05, 4.69) is 20.9 Å². The second-order valence-corrected chi connectivity index (χ2v) is 5.79. The van der Waals surface area contributed by atoms with Crippen molar-refractivity contribution in [2.24, 2.45) is 0 Å². The SMILES string of the molecule is CN(CC1(O)CCOCC1)c1c(Br)cncc1[N+](=O)[O-]. The molecule has 2 rings (SSSR count). The molecule has 110 valence electrons. The van der Waals surface area contributed by atoms with Gasteiger partial charge in [-0.1, -0.05) is 0 Å². The van der Waals surface area contributed by atoms with Crippen molar-refractivity contribution in [3.63, 3.8) is 0 Å². The molecule has 0 saturated carbocycles. The van der Waals surface area contributed by atoms with Gasteiger partial charge in [-0.3, -0.25) is 15.1 Å². The number of ether oxygens (including phenoxy) is 1. The summed E-state index contributed by atoms with van der Waals surface area (Å²) in [5.74, 6) is 0. The van der Waals surface area contributed by atoms with Crippen molar-refractivity contribution in [1.29, 1.82) is 0 Å². The molecule has 0 spiro atoms. The number of aromatic nitrogens is 1. The summed E-state index contributed by atoms with van der Waals surface area (Å²) in [6.07, 6.45) is 3.76. The van der Waals surface area contributed by atoms with Crippen molar-refractivity contribution in [2.45, 2.75) is 18.4 Å². The Morgan fingerprint density at radius 2 is 2.20 bits per heavy atom. The third-order valence-corrected chi connectivity index (χ3v) is 3.97. The quantitative estimate of drug-likeness (QED) is 0.660. The summed E-state index contributed by atoms with van der Waals surface area (Å²) in [6, 6.07) is 0. The van der Waals surface area contributed by atoms with Crippen molar-refractivity contribution in [2.75, 3.05) is 31.7 Å². The van der Waals surface area contributed by atoms with Gasteiger partial charge in [-0.15, -0.1) is 0 Å². The van der Waals surface area contributed by atoms with E-state index in [1.165, 1.54) is 12.4 Å². The largest absolute Gasteiger partial charge is 0.388 e. The van der Waals surface area contributed by atoms with Crippen LogP contribution >= 0.6 is 15.9 Å². The number of hydrogen-bond acceptors (Lipinski definition) is 6. The third-order valence-electron chi connectivity index (χ3n) is 3.39. The molecule has 0 radical (unpaired) electrons. The third kappa shape index (κ3) is 3.25. The number of aliphatic hydroxyl groups is 1. The fourth-order valence-electron chi connectivity index (χ4n) is 2.36. The van der Waals surface area contributed by atoms with Crippen LogP contribution in [0.3, 0.4) is 0 Å². The van der Waals surface area contributed by atoms with Crippen LogP contribution in [0.5, 0.6) is 0 Å². The molecule has 1 N–H and O–H groups in total. The molecule has 1 aliphatic rings. The van der Waals surface area contributed by atoms with Gasteiger partial charge in [-0.05, 0) is 15.9 Å². The van der Waals surface area contributed by atoms with Crippen molar-refractivity contribution in [1.82, 2.24) is 4.98 Å². The van der Waals surface area contributed by atoms with Gasteiger partial charge in [0.05, 0.1) is 15.0 Å². The summed E-state index contributed by atoms with van der Waals surface area (Å²) in [4.78, 5) is 16.1. The van der Waals surface area contributed by atoms with Crippen LogP contribution in [-0.2, 0) is 4.74 Å². The summed E-state index contributed by atoms with van der Waals surface area (Å²) in [7, 11) is 1.72. The molecule has 2 heterocycles. The number of nitro groups is 1. The Morgan fingerprint density at radius 3 is 2.80 bits per heavy atom. The summed E-state index contributed by atoms with van der Waals surface area (Å²) in [5, 5.41) is 21.6. The zero-order valence-electron chi connectivity index (χ0n) is 11.1. The summed E-state index contributed by atoms with van der Waals surface area (Å²) >= 11 is 3.28. The van der Waals surface area contributed by atoms with E-state index in [9.17, 15) is 15.2 Å².